The van der Waals surface area contributed by atoms with Gasteiger partial charge in [0.1, 0.15) is 0 Å². The summed E-state index contributed by atoms with van der Waals surface area (Å²) in [6.07, 6.45) is 11.3. The van der Waals surface area contributed by atoms with Crippen molar-refractivity contribution in [2.24, 2.45) is 5.73 Å². The fourth-order valence-electron chi connectivity index (χ4n) is 3.80. The largest absolute Gasteiger partial charge is 0.328 e. The Labute approximate surface area is 184 Å². The molecule has 0 saturated heterocycles. The second kappa shape index (κ2) is 8.72. The highest BCUT2D eigenvalue weighted by Crippen LogP contribution is 2.29. The van der Waals surface area contributed by atoms with E-state index in [1.54, 1.807) is 30.6 Å². The van der Waals surface area contributed by atoms with Gasteiger partial charge in [0.15, 0.2) is 5.66 Å². The maximum atomic E-state index is 12.9. The van der Waals surface area contributed by atoms with Gasteiger partial charge < -0.3 is 21.4 Å². The van der Waals surface area contributed by atoms with Gasteiger partial charge in [0, 0.05) is 53.4 Å². The van der Waals surface area contributed by atoms with Crippen LogP contribution in [0.2, 0.25) is 0 Å². The Hall–Kier alpha value is -3.85. The summed E-state index contributed by atoms with van der Waals surface area (Å²) >= 11 is 0. The lowest BCUT2D eigenvalue weighted by Crippen LogP contribution is -2.61. The first-order valence-corrected chi connectivity index (χ1v) is 10.4. The van der Waals surface area contributed by atoms with E-state index in [1.165, 1.54) is 25.5 Å². The van der Waals surface area contributed by atoms with E-state index in [4.69, 9.17) is 5.73 Å². The minimum absolute atomic E-state index is 0.0654. The van der Waals surface area contributed by atoms with Gasteiger partial charge in [-0.2, -0.15) is 0 Å². The molecule has 0 aliphatic heterocycles. The molecule has 1 atom stereocenters. The van der Waals surface area contributed by atoms with E-state index in [9.17, 15) is 14.4 Å². The van der Waals surface area contributed by atoms with Crippen LogP contribution in [0.3, 0.4) is 0 Å². The van der Waals surface area contributed by atoms with Crippen LogP contribution in [0.4, 0.5) is 5.69 Å². The smallest absolute Gasteiger partial charge is 0.264 e. The third-order valence-corrected chi connectivity index (χ3v) is 5.51. The minimum Gasteiger partial charge on any atom is -0.328 e. The molecule has 2 amide bonds. The molecule has 0 fully saturated rings. The number of carbonyl (C=O) groups is 2. The Morgan fingerprint density at radius 2 is 1.81 bits per heavy atom. The van der Waals surface area contributed by atoms with Gasteiger partial charge >= 0.3 is 0 Å². The lowest BCUT2D eigenvalue weighted by atomic mass is 9.88. The number of carbonyl (C=O) groups excluding carboxylic acids is 2. The van der Waals surface area contributed by atoms with Gasteiger partial charge in [-0.3, -0.25) is 24.4 Å². The van der Waals surface area contributed by atoms with Crippen LogP contribution in [0, 0.1) is 0 Å². The van der Waals surface area contributed by atoms with Gasteiger partial charge in [0.05, 0.1) is 5.56 Å². The van der Waals surface area contributed by atoms with Crippen LogP contribution in [0.25, 0.3) is 11.1 Å². The Balaban J connectivity index is 1.55. The van der Waals surface area contributed by atoms with Crippen LogP contribution in [-0.4, -0.2) is 32.4 Å². The van der Waals surface area contributed by atoms with E-state index in [0.717, 1.165) is 42.4 Å². The van der Waals surface area contributed by atoms with Crippen LogP contribution < -0.4 is 21.9 Å². The lowest BCUT2D eigenvalue weighted by molar-refractivity contribution is -0.121. The molecule has 3 aromatic heterocycles. The number of amides is 2. The number of rotatable bonds is 5. The van der Waals surface area contributed by atoms with Gasteiger partial charge in [-0.15, -0.1) is 0 Å². The molecule has 9 heteroatoms. The van der Waals surface area contributed by atoms with Crippen molar-refractivity contribution in [2.45, 2.75) is 38.3 Å². The zero-order valence-electron chi connectivity index (χ0n) is 17.6. The van der Waals surface area contributed by atoms with E-state index < -0.39 is 17.5 Å². The molecule has 0 bridgehead atoms. The molecule has 1 aliphatic rings. The van der Waals surface area contributed by atoms with E-state index >= 15 is 0 Å². The third kappa shape index (κ3) is 4.42. The molecular formula is C23H24N6O3. The van der Waals surface area contributed by atoms with Crippen LogP contribution in [-0.2, 0) is 17.6 Å². The van der Waals surface area contributed by atoms with E-state index in [2.05, 4.69) is 25.6 Å². The van der Waals surface area contributed by atoms with Gasteiger partial charge in [-0.05, 0) is 56.4 Å². The van der Waals surface area contributed by atoms with Crippen molar-refractivity contribution in [3.8, 4) is 11.1 Å². The molecule has 5 N–H and O–H groups in total. The Bertz CT molecular complexity index is 1220. The molecule has 32 heavy (non-hydrogen) atoms. The fourth-order valence-corrected chi connectivity index (χ4v) is 3.80. The van der Waals surface area contributed by atoms with E-state index in [-0.39, 0.29) is 11.1 Å². The number of anilines is 1. The molecule has 3 heterocycles. The Morgan fingerprint density at radius 3 is 2.56 bits per heavy atom. The van der Waals surface area contributed by atoms with Crippen molar-refractivity contribution in [1.82, 2.24) is 20.3 Å². The monoisotopic (exact) mass is 432 g/mol. The zero-order chi connectivity index (χ0) is 22.7. The molecular weight excluding hydrogens is 408 g/mol. The summed E-state index contributed by atoms with van der Waals surface area (Å²) in [5.41, 5.74) is 8.50. The van der Waals surface area contributed by atoms with Crippen molar-refractivity contribution in [1.29, 1.82) is 0 Å². The van der Waals surface area contributed by atoms with Crippen LogP contribution in [0.1, 0.15) is 41.3 Å². The predicted molar refractivity (Wildman–Crippen MR) is 120 cm³/mol. The molecule has 0 spiro atoms. The number of hydrogen-bond donors (Lipinski definition) is 4. The number of aromatic nitrogens is 3. The van der Waals surface area contributed by atoms with Crippen LogP contribution in [0.15, 0.2) is 54.0 Å². The number of pyridine rings is 3. The summed E-state index contributed by atoms with van der Waals surface area (Å²) in [4.78, 5) is 48.5. The van der Waals surface area contributed by atoms with Crippen LogP contribution >= 0.6 is 0 Å². The van der Waals surface area contributed by atoms with Crippen molar-refractivity contribution in [2.75, 3.05) is 5.32 Å². The highest BCUT2D eigenvalue weighted by atomic mass is 16.2. The fraction of sp³-hybridized carbons (Fsp3) is 0.261. The summed E-state index contributed by atoms with van der Waals surface area (Å²) in [6, 6.07) is 4.92. The number of hydrogen-bond acceptors (Lipinski definition) is 6. The molecule has 0 saturated carbocycles. The second-order valence-corrected chi connectivity index (χ2v) is 8.00. The Kier molecular flexibility index (Phi) is 5.83. The minimum atomic E-state index is -1.66. The average molecular weight is 432 g/mol. The summed E-state index contributed by atoms with van der Waals surface area (Å²) in [5.74, 6) is -1.11. The molecule has 9 nitrogen and oxygen atoms in total. The first kappa shape index (κ1) is 21.4. The highest BCUT2D eigenvalue weighted by Gasteiger charge is 2.31. The number of aromatic amines is 1. The standard InChI is InChI=1S/C23H24N6O3/c1-23(24,22(32)28-16-6-8-25-9-7-16)29-20(30)15-10-14(11-26-12-15)19-13-27-21(31)18-5-3-2-4-17(18)19/h6-13H,2-5,24H2,1H3,(H,27,31)(H,29,30)(H,25,28,32). The molecule has 0 radical (unpaired) electrons. The highest BCUT2D eigenvalue weighted by molar-refractivity contribution is 6.03. The van der Waals surface area contributed by atoms with Crippen molar-refractivity contribution in [3.05, 3.63) is 76.2 Å². The first-order valence-electron chi connectivity index (χ1n) is 10.4. The molecule has 1 unspecified atom stereocenters. The van der Waals surface area contributed by atoms with E-state index in [1.807, 2.05) is 0 Å². The summed E-state index contributed by atoms with van der Waals surface area (Å²) in [5, 5.41) is 5.20. The topological polar surface area (TPSA) is 143 Å². The average Bonchev–Trinajstić information content (AvgIpc) is 2.80. The van der Waals surface area contributed by atoms with Crippen LogP contribution in [0.5, 0.6) is 0 Å². The predicted octanol–water partition coefficient (Wildman–Crippen LogP) is 1.75. The zero-order valence-corrected chi connectivity index (χ0v) is 17.6. The number of nitrogens with two attached hydrogens (primary N) is 1. The normalized spacial score (nSPS) is 14.7. The number of nitrogens with zero attached hydrogens (tertiary/aromatic N) is 2. The summed E-state index contributed by atoms with van der Waals surface area (Å²) in [7, 11) is 0. The summed E-state index contributed by atoms with van der Waals surface area (Å²) < 4.78 is 0. The van der Waals surface area contributed by atoms with E-state index in [0.29, 0.717) is 11.3 Å². The SMILES string of the molecule is CC(N)(NC(=O)c1cncc(-c2c[nH]c(=O)c3c2CCCC3)c1)C(=O)Nc1ccncc1. The number of fused-ring (bicyclic) bond motifs is 1. The molecule has 1 aliphatic carbocycles. The van der Waals surface area contributed by atoms with Crippen molar-refractivity contribution < 1.29 is 9.59 Å². The van der Waals surface area contributed by atoms with Gasteiger partial charge in [0.25, 0.3) is 17.4 Å². The number of H-pyrrole nitrogens is 1. The molecule has 4 rings (SSSR count). The molecule has 0 aromatic carbocycles. The maximum Gasteiger partial charge on any atom is 0.264 e. The lowest BCUT2D eigenvalue weighted by Gasteiger charge is -2.25. The first-order chi connectivity index (χ1) is 15.3. The quantitative estimate of drug-likeness (QED) is 0.453. The summed E-state index contributed by atoms with van der Waals surface area (Å²) in [6.45, 7) is 1.41. The van der Waals surface area contributed by atoms with Gasteiger partial charge in [-0.1, -0.05) is 0 Å². The van der Waals surface area contributed by atoms with Gasteiger partial charge in [-0.25, -0.2) is 0 Å². The van der Waals surface area contributed by atoms with Gasteiger partial charge in [0.2, 0.25) is 0 Å². The maximum absolute atomic E-state index is 12.9. The third-order valence-electron chi connectivity index (χ3n) is 5.51. The molecule has 3 aromatic rings. The van der Waals surface area contributed by atoms with Crippen molar-refractivity contribution in [3.63, 3.8) is 0 Å². The van der Waals surface area contributed by atoms with Crippen molar-refractivity contribution >= 4 is 17.5 Å². The second-order valence-electron chi connectivity index (χ2n) is 8.00. The Morgan fingerprint density at radius 1 is 1.09 bits per heavy atom. The number of nitrogens with one attached hydrogen (secondary N) is 3. The molecule has 164 valence electrons.